The van der Waals surface area contributed by atoms with Crippen molar-refractivity contribution in [3.63, 3.8) is 0 Å². The van der Waals surface area contributed by atoms with E-state index < -0.39 is 22.5 Å². The molecule has 3 aromatic rings. The van der Waals surface area contributed by atoms with E-state index in [9.17, 15) is 13.2 Å². The zero-order valence-corrected chi connectivity index (χ0v) is 21.9. The maximum atomic E-state index is 13.4. The van der Waals surface area contributed by atoms with Gasteiger partial charge in [-0.3, -0.25) is 9.10 Å². The highest BCUT2D eigenvalue weighted by Crippen LogP contribution is 2.35. The number of ether oxygens (including phenoxy) is 1. The number of rotatable bonds is 11. The van der Waals surface area contributed by atoms with Crippen LogP contribution in [0.2, 0.25) is 10.0 Å². The van der Waals surface area contributed by atoms with E-state index in [0.717, 1.165) is 22.0 Å². The molecule has 0 unspecified atom stereocenters. The Morgan fingerprint density at radius 3 is 2.31 bits per heavy atom. The largest absolute Gasteiger partial charge is 0.491 e. The fourth-order valence-electron chi connectivity index (χ4n) is 3.42. The molecule has 0 saturated heterocycles. The van der Waals surface area contributed by atoms with Crippen LogP contribution >= 0.6 is 23.2 Å². The van der Waals surface area contributed by atoms with Crippen LogP contribution in [0.15, 0.2) is 77.7 Å². The molecule has 9 heteroatoms. The van der Waals surface area contributed by atoms with Gasteiger partial charge in [0.05, 0.1) is 26.7 Å². The molecule has 1 amide bonds. The smallest absolute Gasteiger partial charge is 0.264 e. The molecule has 35 heavy (non-hydrogen) atoms. The van der Waals surface area contributed by atoms with Crippen LogP contribution in [-0.4, -0.2) is 33.5 Å². The van der Waals surface area contributed by atoms with Crippen LogP contribution in [0.3, 0.4) is 0 Å². The van der Waals surface area contributed by atoms with Crippen LogP contribution in [0.5, 0.6) is 5.75 Å². The number of benzene rings is 3. The lowest BCUT2D eigenvalue weighted by Gasteiger charge is -2.25. The number of anilines is 1. The second kappa shape index (κ2) is 12.3. The minimum atomic E-state index is -4.06. The lowest BCUT2D eigenvalue weighted by atomic mass is 10.1. The summed E-state index contributed by atoms with van der Waals surface area (Å²) in [6.07, 6.45) is 1.57. The summed E-state index contributed by atoms with van der Waals surface area (Å²) >= 11 is 12.4. The Balaban J connectivity index is 1.65. The average molecular weight is 535 g/mol. The molecule has 186 valence electrons. The minimum absolute atomic E-state index is 0.0498. The lowest BCUT2D eigenvalue weighted by Crippen LogP contribution is -2.41. The standard InChI is InChI=1S/C26H28Cl2N2O4S/c1-19(2)34-21-15-13-20(14-16-21)8-7-17-29-25(31)18-30(24-12-6-11-23(27)26(24)28)35(32,33)22-9-4-3-5-10-22/h3-6,9-16,19H,7-8,17-18H2,1-2H3,(H,29,31). The van der Waals surface area contributed by atoms with E-state index in [-0.39, 0.29) is 26.7 Å². The molecule has 0 aromatic heterocycles. The first kappa shape index (κ1) is 26.9. The van der Waals surface area contributed by atoms with Crippen molar-refractivity contribution in [1.29, 1.82) is 0 Å². The van der Waals surface area contributed by atoms with E-state index >= 15 is 0 Å². The SMILES string of the molecule is CC(C)Oc1ccc(CCCNC(=O)CN(c2cccc(Cl)c2Cl)S(=O)(=O)c2ccccc2)cc1. The van der Waals surface area contributed by atoms with Gasteiger partial charge < -0.3 is 10.1 Å². The van der Waals surface area contributed by atoms with Crippen LogP contribution in [0.4, 0.5) is 5.69 Å². The second-order valence-corrected chi connectivity index (χ2v) is 10.8. The van der Waals surface area contributed by atoms with Gasteiger partial charge in [-0.1, -0.05) is 59.6 Å². The van der Waals surface area contributed by atoms with E-state index in [1.165, 1.54) is 18.2 Å². The van der Waals surface area contributed by atoms with Gasteiger partial charge >= 0.3 is 0 Å². The number of amides is 1. The van der Waals surface area contributed by atoms with E-state index in [4.69, 9.17) is 27.9 Å². The fraction of sp³-hybridized carbons (Fsp3) is 0.269. The van der Waals surface area contributed by atoms with Crippen molar-refractivity contribution < 1.29 is 17.9 Å². The molecule has 0 spiro atoms. The molecule has 6 nitrogen and oxygen atoms in total. The number of sulfonamides is 1. The van der Waals surface area contributed by atoms with Gasteiger partial charge in [-0.15, -0.1) is 0 Å². The highest BCUT2D eigenvalue weighted by molar-refractivity contribution is 7.92. The van der Waals surface area contributed by atoms with Crippen molar-refractivity contribution in [2.24, 2.45) is 0 Å². The topological polar surface area (TPSA) is 75.7 Å². The summed E-state index contributed by atoms with van der Waals surface area (Å²) in [7, 11) is -4.06. The van der Waals surface area contributed by atoms with Crippen molar-refractivity contribution >= 4 is 44.8 Å². The lowest BCUT2D eigenvalue weighted by molar-refractivity contribution is -0.119. The number of carbonyl (C=O) groups is 1. The molecule has 0 aliphatic carbocycles. The molecular formula is C26H28Cl2N2O4S. The van der Waals surface area contributed by atoms with Crippen LogP contribution in [0.1, 0.15) is 25.8 Å². The minimum Gasteiger partial charge on any atom is -0.491 e. The van der Waals surface area contributed by atoms with E-state index in [2.05, 4.69) is 5.32 Å². The van der Waals surface area contributed by atoms with Crippen molar-refractivity contribution in [3.8, 4) is 5.75 Å². The predicted molar refractivity (Wildman–Crippen MR) is 141 cm³/mol. The number of nitrogens with zero attached hydrogens (tertiary/aromatic N) is 1. The Hall–Kier alpha value is -2.74. The number of aryl methyl sites for hydroxylation is 1. The third kappa shape index (κ3) is 7.37. The number of hydrogen-bond donors (Lipinski definition) is 1. The van der Waals surface area contributed by atoms with Crippen molar-refractivity contribution in [2.45, 2.75) is 37.7 Å². The second-order valence-electron chi connectivity index (χ2n) is 8.16. The molecule has 0 bridgehead atoms. The number of hydrogen-bond acceptors (Lipinski definition) is 4. The van der Waals surface area contributed by atoms with Crippen molar-refractivity contribution in [3.05, 3.63) is 88.4 Å². The monoisotopic (exact) mass is 534 g/mol. The normalized spacial score (nSPS) is 11.3. The summed E-state index contributed by atoms with van der Waals surface area (Å²) in [6.45, 7) is 3.91. The highest BCUT2D eigenvalue weighted by Gasteiger charge is 2.29. The van der Waals surface area contributed by atoms with Gasteiger partial charge in [-0.25, -0.2) is 8.42 Å². The Morgan fingerprint density at radius 2 is 1.66 bits per heavy atom. The average Bonchev–Trinajstić information content (AvgIpc) is 2.83. The van der Waals surface area contributed by atoms with Crippen LogP contribution in [0, 0.1) is 0 Å². The van der Waals surface area contributed by atoms with Gasteiger partial charge in [-0.2, -0.15) is 0 Å². The first-order valence-electron chi connectivity index (χ1n) is 11.2. The molecule has 0 radical (unpaired) electrons. The Labute approximate surface area is 216 Å². The molecule has 0 saturated carbocycles. The summed E-state index contributed by atoms with van der Waals surface area (Å²) in [5, 5.41) is 3.06. The molecule has 0 heterocycles. The predicted octanol–water partition coefficient (Wildman–Crippen LogP) is 5.72. The van der Waals surface area contributed by atoms with E-state index in [1.54, 1.807) is 30.3 Å². The van der Waals surface area contributed by atoms with Gasteiger partial charge in [0.2, 0.25) is 5.91 Å². The fourth-order valence-corrected chi connectivity index (χ4v) is 5.32. The van der Waals surface area contributed by atoms with Gasteiger partial charge in [-0.05, 0) is 68.7 Å². The van der Waals surface area contributed by atoms with Gasteiger partial charge in [0.15, 0.2) is 0 Å². The molecule has 1 N–H and O–H groups in total. The van der Waals surface area contributed by atoms with Crippen molar-refractivity contribution in [2.75, 3.05) is 17.4 Å². The third-order valence-corrected chi connectivity index (χ3v) is 7.66. The Bertz CT molecular complexity index is 1230. The zero-order chi connectivity index (χ0) is 25.4. The molecule has 0 aliphatic rings. The first-order valence-corrected chi connectivity index (χ1v) is 13.4. The zero-order valence-electron chi connectivity index (χ0n) is 19.6. The van der Waals surface area contributed by atoms with Crippen LogP contribution in [-0.2, 0) is 21.2 Å². The molecule has 0 atom stereocenters. The van der Waals surface area contributed by atoms with Crippen LogP contribution < -0.4 is 14.4 Å². The summed E-state index contributed by atoms with van der Waals surface area (Å²) in [5.41, 5.74) is 1.26. The molecule has 0 aliphatic heterocycles. The van der Waals surface area contributed by atoms with Gasteiger partial charge in [0.1, 0.15) is 12.3 Å². The Kier molecular flexibility index (Phi) is 9.43. The van der Waals surface area contributed by atoms with Crippen molar-refractivity contribution in [1.82, 2.24) is 5.32 Å². The summed E-state index contributed by atoms with van der Waals surface area (Å²) in [4.78, 5) is 12.8. The molecule has 0 fully saturated rings. The first-order chi connectivity index (χ1) is 16.7. The van der Waals surface area contributed by atoms with Gasteiger partial charge in [0, 0.05) is 6.54 Å². The molecular weight excluding hydrogens is 507 g/mol. The van der Waals surface area contributed by atoms with Crippen LogP contribution in [0.25, 0.3) is 0 Å². The maximum Gasteiger partial charge on any atom is 0.264 e. The quantitative estimate of drug-likeness (QED) is 0.319. The summed E-state index contributed by atoms with van der Waals surface area (Å²) < 4.78 is 33.4. The third-order valence-electron chi connectivity index (χ3n) is 5.08. The van der Waals surface area contributed by atoms with E-state index in [1.807, 2.05) is 38.1 Å². The van der Waals surface area contributed by atoms with Gasteiger partial charge in [0.25, 0.3) is 10.0 Å². The maximum absolute atomic E-state index is 13.4. The highest BCUT2D eigenvalue weighted by atomic mass is 35.5. The molecule has 3 rings (SSSR count). The summed E-state index contributed by atoms with van der Waals surface area (Å²) in [6, 6.07) is 20.4. The number of halogens is 2. The summed E-state index contributed by atoms with van der Waals surface area (Å²) in [5.74, 6) is 0.373. The van der Waals surface area contributed by atoms with E-state index in [0.29, 0.717) is 13.0 Å². The Morgan fingerprint density at radius 1 is 0.971 bits per heavy atom. The molecule has 3 aromatic carbocycles. The number of carbonyl (C=O) groups excluding carboxylic acids is 1. The number of nitrogens with one attached hydrogen (secondary N) is 1.